The third-order valence-electron chi connectivity index (χ3n) is 4.57. The van der Waals surface area contributed by atoms with Crippen molar-refractivity contribution in [3.63, 3.8) is 0 Å². The Morgan fingerprint density at radius 1 is 1.23 bits per heavy atom. The Bertz CT molecular complexity index is 612. The van der Waals surface area contributed by atoms with Gasteiger partial charge in [0.25, 0.3) is 0 Å². The molecule has 1 aromatic rings. The maximum Gasteiger partial charge on any atom is 0.411 e. The Morgan fingerprint density at radius 2 is 1.88 bits per heavy atom. The van der Waals surface area contributed by atoms with Crippen molar-refractivity contribution in [1.82, 2.24) is 9.80 Å². The molecule has 144 valence electrons. The lowest BCUT2D eigenvalue weighted by Gasteiger charge is -2.41. The second-order valence-electron chi connectivity index (χ2n) is 7.79. The molecule has 0 saturated carbocycles. The Hall–Kier alpha value is -2.08. The van der Waals surface area contributed by atoms with E-state index >= 15 is 0 Å². The van der Waals surface area contributed by atoms with E-state index in [-0.39, 0.29) is 6.04 Å². The highest BCUT2D eigenvalue weighted by Crippen LogP contribution is 2.25. The second kappa shape index (κ2) is 8.54. The van der Waals surface area contributed by atoms with Crippen LogP contribution in [0.2, 0.25) is 0 Å². The van der Waals surface area contributed by atoms with Crippen molar-refractivity contribution in [1.29, 1.82) is 0 Å². The van der Waals surface area contributed by atoms with Crippen LogP contribution >= 0.6 is 0 Å². The molecule has 1 aliphatic rings. The third-order valence-corrected chi connectivity index (χ3v) is 4.57. The Kier molecular flexibility index (Phi) is 6.64. The zero-order valence-corrected chi connectivity index (χ0v) is 16.4. The zero-order valence-electron chi connectivity index (χ0n) is 16.4. The fourth-order valence-corrected chi connectivity index (χ4v) is 3.25. The van der Waals surface area contributed by atoms with Crippen LogP contribution in [-0.4, -0.2) is 60.2 Å². The molecule has 0 N–H and O–H groups in total. The van der Waals surface area contributed by atoms with Crippen molar-refractivity contribution in [3.8, 4) is 0 Å². The number of esters is 1. The summed E-state index contributed by atoms with van der Waals surface area (Å²) in [6, 6.07) is 9.78. The predicted octanol–water partition coefficient (Wildman–Crippen LogP) is 3.06. The first-order valence-electron chi connectivity index (χ1n) is 9.03. The van der Waals surface area contributed by atoms with Gasteiger partial charge in [-0.05, 0) is 46.2 Å². The van der Waals surface area contributed by atoms with E-state index in [2.05, 4.69) is 24.1 Å². The molecule has 0 radical (unpaired) electrons. The number of nitrogens with zero attached hydrogens (tertiary/aromatic N) is 2. The summed E-state index contributed by atoms with van der Waals surface area (Å²) in [5.41, 5.74) is 0.623. The van der Waals surface area contributed by atoms with Gasteiger partial charge in [-0.2, -0.15) is 0 Å². The molecule has 2 unspecified atom stereocenters. The highest BCUT2D eigenvalue weighted by atomic mass is 16.6. The molecule has 6 heteroatoms. The number of likely N-dealkylation sites (tertiary alicyclic amines) is 1. The minimum absolute atomic E-state index is 0.193. The van der Waals surface area contributed by atoms with E-state index in [9.17, 15) is 9.59 Å². The molecular weight excluding hydrogens is 332 g/mol. The van der Waals surface area contributed by atoms with Crippen molar-refractivity contribution < 1.29 is 19.1 Å². The average molecular weight is 362 g/mol. The molecule has 0 aromatic heterocycles. The lowest BCUT2D eigenvalue weighted by molar-refractivity contribution is -0.149. The van der Waals surface area contributed by atoms with E-state index in [1.807, 2.05) is 39.0 Å². The number of ether oxygens (including phenoxy) is 2. The fraction of sp³-hybridized carbons (Fsp3) is 0.600. The van der Waals surface area contributed by atoms with E-state index in [0.29, 0.717) is 13.0 Å². The maximum absolute atomic E-state index is 12.5. The average Bonchev–Trinajstić information content (AvgIpc) is 2.59. The molecule has 6 nitrogen and oxygen atoms in total. The summed E-state index contributed by atoms with van der Waals surface area (Å²) in [7, 11) is 3.40. The van der Waals surface area contributed by atoms with Crippen LogP contribution in [-0.2, 0) is 20.8 Å². The summed E-state index contributed by atoms with van der Waals surface area (Å²) in [4.78, 5) is 28.5. The van der Waals surface area contributed by atoms with Crippen molar-refractivity contribution in [2.45, 2.75) is 57.8 Å². The molecule has 0 aliphatic carbocycles. The normalized spacial score (nSPS) is 20.8. The minimum Gasteiger partial charge on any atom is -0.467 e. The van der Waals surface area contributed by atoms with Gasteiger partial charge in [-0.3, -0.25) is 9.80 Å². The third kappa shape index (κ3) is 5.46. The van der Waals surface area contributed by atoms with Gasteiger partial charge >= 0.3 is 12.1 Å². The minimum atomic E-state index is -0.619. The molecule has 1 fully saturated rings. The fourth-order valence-electron chi connectivity index (χ4n) is 3.25. The summed E-state index contributed by atoms with van der Waals surface area (Å²) >= 11 is 0. The van der Waals surface area contributed by atoms with E-state index < -0.39 is 23.7 Å². The van der Waals surface area contributed by atoms with Crippen LogP contribution in [0.25, 0.3) is 0 Å². The predicted molar refractivity (Wildman–Crippen MR) is 99.7 cm³/mol. The molecule has 0 bridgehead atoms. The molecule has 1 amide bonds. The van der Waals surface area contributed by atoms with Crippen LogP contribution < -0.4 is 0 Å². The molecule has 1 saturated heterocycles. The van der Waals surface area contributed by atoms with Gasteiger partial charge in [-0.1, -0.05) is 30.3 Å². The van der Waals surface area contributed by atoms with E-state index in [4.69, 9.17) is 9.47 Å². The molecular formula is C20H30N2O4. The van der Waals surface area contributed by atoms with Crippen LogP contribution in [0, 0.1) is 0 Å². The first-order valence-corrected chi connectivity index (χ1v) is 9.03. The van der Waals surface area contributed by atoms with Crippen LogP contribution in [0.15, 0.2) is 30.3 Å². The summed E-state index contributed by atoms with van der Waals surface area (Å²) in [5, 5.41) is 0. The van der Waals surface area contributed by atoms with Crippen molar-refractivity contribution in [2.75, 3.05) is 20.7 Å². The van der Waals surface area contributed by atoms with Gasteiger partial charge in [-0.15, -0.1) is 0 Å². The topological polar surface area (TPSA) is 59.1 Å². The highest BCUT2D eigenvalue weighted by molar-refractivity contribution is 5.81. The number of rotatable bonds is 4. The van der Waals surface area contributed by atoms with Gasteiger partial charge in [0.1, 0.15) is 11.6 Å². The SMILES string of the molecule is COC(=O)C1CC(N(C)Cc2ccccc2)CCN1C(=O)OC(C)(C)C. The second-order valence-corrected chi connectivity index (χ2v) is 7.79. The quantitative estimate of drug-likeness (QED) is 0.771. The number of benzene rings is 1. The number of hydrogen-bond donors (Lipinski definition) is 0. The molecule has 2 rings (SSSR count). The summed E-state index contributed by atoms with van der Waals surface area (Å²) in [5.74, 6) is -0.395. The van der Waals surface area contributed by atoms with Crippen LogP contribution in [0.4, 0.5) is 4.79 Å². The summed E-state index contributed by atoms with van der Waals surface area (Å²) < 4.78 is 10.4. The molecule has 1 aromatic carbocycles. The number of amides is 1. The monoisotopic (exact) mass is 362 g/mol. The number of hydrogen-bond acceptors (Lipinski definition) is 5. The zero-order chi connectivity index (χ0) is 19.3. The summed E-state index contributed by atoms with van der Waals surface area (Å²) in [6.07, 6.45) is 0.864. The lowest BCUT2D eigenvalue weighted by atomic mass is 9.96. The van der Waals surface area contributed by atoms with Crippen LogP contribution in [0.5, 0.6) is 0 Å². The maximum atomic E-state index is 12.5. The van der Waals surface area contributed by atoms with Gasteiger partial charge in [0.2, 0.25) is 0 Å². The van der Waals surface area contributed by atoms with Gasteiger partial charge in [-0.25, -0.2) is 9.59 Å². The first-order chi connectivity index (χ1) is 12.2. The van der Waals surface area contributed by atoms with Gasteiger partial charge in [0, 0.05) is 19.1 Å². The van der Waals surface area contributed by atoms with Crippen LogP contribution in [0.1, 0.15) is 39.2 Å². The highest BCUT2D eigenvalue weighted by Gasteiger charge is 2.39. The van der Waals surface area contributed by atoms with E-state index in [1.54, 1.807) is 0 Å². The van der Waals surface area contributed by atoms with Gasteiger partial charge in [0.05, 0.1) is 7.11 Å². The molecule has 0 spiro atoms. The molecule has 1 heterocycles. The summed E-state index contributed by atoms with van der Waals surface area (Å²) in [6.45, 7) is 6.72. The largest absolute Gasteiger partial charge is 0.467 e. The number of piperidine rings is 1. The Labute approximate surface area is 156 Å². The molecule has 2 atom stereocenters. The Balaban J connectivity index is 2.06. The van der Waals surface area contributed by atoms with Gasteiger partial charge in [0.15, 0.2) is 0 Å². The van der Waals surface area contributed by atoms with Crippen molar-refractivity contribution in [3.05, 3.63) is 35.9 Å². The Morgan fingerprint density at radius 3 is 2.46 bits per heavy atom. The van der Waals surface area contributed by atoms with Crippen molar-refractivity contribution >= 4 is 12.1 Å². The smallest absolute Gasteiger partial charge is 0.411 e. The molecule has 26 heavy (non-hydrogen) atoms. The molecule has 1 aliphatic heterocycles. The van der Waals surface area contributed by atoms with E-state index in [0.717, 1.165) is 13.0 Å². The lowest BCUT2D eigenvalue weighted by Crippen LogP contribution is -2.55. The van der Waals surface area contributed by atoms with E-state index in [1.165, 1.54) is 17.6 Å². The van der Waals surface area contributed by atoms with Crippen LogP contribution in [0.3, 0.4) is 0 Å². The standard InChI is InChI=1S/C20H30N2O4/c1-20(2,3)26-19(24)22-12-11-16(13-17(22)18(23)25-5)21(4)14-15-9-7-6-8-10-15/h6-10,16-17H,11-14H2,1-5H3. The van der Waals surface area contributed by atoms with Crippen molar-refractivity contribution in [2.24, 2.45) is 0 Å². The number of methoxy groups -OCH3 is 1. The first kappa shape index (κ1) is 20.2. The number of carbonyl (C=O) groups excluding carboxylic acids is 2. The van der Waals surface area contributed by atoms with Gasteiger partial charge < -0.3 is 9.47 Å². The number of carbonyl (C=O) groups is 2.